The number of benzene rings is 2. The minimum Gasteiger partial charge on any atom is -0.436 e. The lowest BCUT2D eigenvalue weighted by Crippen LogP contribution is -2.41. The SMILES string of the molecule is CN(C(=O)NC(=O)c1c(F)cccc1F)c1ccc(Oc2ncc(C(F)(F)F)cc2Cl)c(Cl)c1. The number of anilines is 1. The van der Waals surface area contributed by atoms with Crippen LogP contribution in [0.5, 0.6) is 11.6 Å². The van der Waals surface area contributed by atoms with Gasteiger partial charge in [0.15, 0.2) is 0 Å². The number of carbonyl (C=O) groups is 2. The van der Waals surface area contributed by atoms with Gasteiger partial charge in [-0.3, -0.25) is 15.0 Å². The van der Waals surface area contributed by atoms with Gasteiger partial charge in [-0.05, 0) is 36.4 Å². The highest BCUT2D eigenvalue weighted by atomic mass is 35.5. The Morgan fingerprint density at radius 1 is 1.03 bits per heavy atom. The Morgan fingerprint density at radius 2 is 1.68 bits per heavy atom. The molecule has 0 fully saturated rings. The molecule has 0 saturated heterocycles. The van der Waals surface area contributed by atoms with E-state index >= 15 is 0 Å². The predicted molar refractivity (Wildman–Crippen MR) is 113 cm³/mol. The zero-order valence-electron chi connectivity index (χ0n) is 16.9. The maximum atomic E-state index is 13.7. The Bertz CT molecular complexity index is 1250. The summed E-state index contributed by atoms with van der Waals surface area (Å²) in [5.41, 5.74) is -1.85. The summed E-state index contributed by atoms with van der Waals surface area (Å²) in [5, 5.41) is 1.36. The third kappa shape index (κ3) is 5.54. The van der Waals surface area contributed by atoms with E-state index in [2.05, 4.69) is 4.98 Å². The monoisotopic (exact) mass is 519 g/mol. The summed E-state index contributed by atoms with van der Waals surface area (Å²) in [6.07, 6.45) is -4.10. The molecule has 0 radical (unpaired) electrons. The summed E-state index contributed by atoms with van der Waals surface area (Å²) in [4.78, 5) is 28.9. The van der Waals surface area contributed by atoms with E-state index in [1.54, 1.807) is 0 Å². The first-order chi connectivity index (χ1) is 15.9. The van der Waals surface area contributed by atoms with Crippen molar-refractivity contribution >= 4 is 40.8 Å². The predicted octanol–water partition coefficient (Wildman–Crippen LogP) is 6.46. The summed E-state index contributed by atoms with van der Waals surface area (Å²) in [6, 6.07) is 6.24. The molecule has 0 bridgehead atoms. The highest BCUT2D eigenvalue weighted by molar-refractivity contribution is 6.33. The molecule has 178 valence electrons. The van der Waals surface area contributed by atoms with E-state index < -0.39 is 45.9 Å². The van der Waals surface area contributed by atoms with E-state index in [4.69, 9.17) is 27.9 Å². The quantitative estimate of drug-likeness (QED) is 0.401. The summed E-state index contributed by atoms with van der Waals surface area (Å²) < 4.78 is 71.0. The van der Waals surface area contributed by atoms with Crippen LogP contribution in [-0.2, 0) is 6.18 Å². The molecule has 1 N–H and O–H groups in total. The van der Waals surface area contributed by atoms with Crippen molar-refractivity contribution < 1.29 is 36.3 Å². The molecule has 0 atom stereocenters. The summed E-state index contributed by atoms with van der Waals surface area (Å²) in [6.45, 7) is 0. The number of alkyl halides is 3. The average molecular weight is 520 g/mol. The number of imide groups is 1. The molecule has 3 amide bonds. The first kappa shape index (κ1) is 25.2. The van der Waals surface area contributed by atoms with Crippen LogP contribution in [0.2, 0.25) is 10.0 Å². The van der Waals surface area contributed by atoms with Gasteiger partial charge in [-0.25, -0.2) is 18.6 Å². The molecule has 2 aromatic carbocycles. The number of amides is 3. The molecule has 0 aliphatic rings. The Balaban J connectivity index is 1.74. The van der Waals surface area contributed by atoms with Crippen LogP contribution < -0.4 is 15.0 Å². The van der Waals surface area contributed by atoms with E-state index in [-0.39, 0.29) is 22.3 Å². The third-order valence-corrected chi connectivity index (χ3v) is 4.93. The minimum atomic E-state index is -4.64. The van der Waals surface area contributed by atoms with Crippen molar-refractivity contribution in [1.82, 2.24) is 10.3 Å². The lowest BCUT2D eigenvalue weighted by Gasteiger charge is -2.19. The highest BCUT2D eigenvalue weighted by Gasteiger charge is 2.32. The number of urea groups is 1. The topological polar surface area (TPSA) is 71.5 Å². The van der Waals surface area contributed by atoms with E-state index in [9.17, 15) is 31.5 Å². The van der Waals surface area contributed by atoms with Gasteiger partial charge in [0.1, 0.15) is 28.0 Å². The van der Waals surface area contributed by atoms with E-state index in [1.807, 2.05) is 5.32 Å². The molecule has 3 aromatic rings. The third-order valence-electron chi connectivity index (χ3n) is 4.36. The zero-order valence-corrected chi connectivity index (χ0v) is 18.4. The Kier molecular flexibility index (Phi) is 7.27. The van der Waals surface area contributed by atoms with Gasteiger partial charge in [0.2, 0.25) is 5.88 Å². The van der Waals surface area contributed by atoms with Gasteiger partial charge in [0, 0.05) is 18.9 Å². The normalized spacial score (nSPS) is 11.2. The Hall–Kier alpha value is -3.44. The van der Waals surface area contributed by atoms with Crippen molar-refractivity contribution in [3.8, 4) is 11.6 Å². The van der Waals surface area contributed by atoms with Crippen molar-refractivity contribution in [2.24, 2.45) is 0 Å². The first-order valence-electron chi connectivity index (χ1n) is 9.11. The summed E-state index contributed by atoms with van der Waals surface area (Å²) in [5.74, 6) is -3.96. The average Bonchev–Trinajstić information content (AvgIpc) is 2.74. The molecule has 0 aliphatic carbocycles. The number of nitrogens with one attached hydrogen (secondary N) is 1. The maximum absolute atomic E-state index is 13.7. The standard InChI is InChI=1S/C21H12Cl2F5N3O3/c1-31(20(33)30-18(32)17-14(24)3-2-4-15(17)25)11-5-6-16(12(22)8-11)34-19-13(23)7-10(9-29-19)21(26,27)28/h2-9H,1H3,(H,30,32,33). The fraction of sp³-hybridized carbons (Fsp3) is 0.0952. The number of hydrogen-bond acceptors (Lipinski definition) is 4. The van der Waals surface area contributed by atoms with Crippen LogP contribution in [0.3, 0.4) is 0 Å². The van der Waals surface area contributed by atoms with Gasteiger partial charge in [-0.15, -0.1) is 0 Å². The molecule has 0 unspecified atom stereocenters. The van der Waals surface area contributed by atoms with E-state index in [0.717, 1.165) is 23.1 Å². The summed E-state index contributed by atoms with van der Waals surface area (Å²) in [7, 11) is 1.25. The Morgan fingerprint density at radius 3 is 2.24 bits per heavy atom. The molecular formula is C21H12Cl2F5N3O3. The number of hydrogen-bond donors (Lipinski definition) is 1. The van der Waals surface area contributed by atoms with E-state index in [1.165, 1.54) is 25.2 Å². The molecule has 1 heterocycles. The number of nitrogens with zero attached hydrogens (tertiary/aromatic N) is 2. The van der Waals surface area contributed by atoms with Crippen LogP contribution in [0.15, 0.2) is 48.7 Å². The number of carbonyl (C=O) groups excluding carboxylic acids is 2. The van der Waals surface area contributed by atoms with Crippen LogP contribution >= 0.6 is 23.2 Å². The van der Waals surface area contributed by atoms with Gasteiger partial charge in [0.05, 0.1) is 10.6 Å². The lowest BCUT2D eigenvalue weighted by atomic mass is 10.2. The van der Waals surface area contributed by atoms with Gasteiger partial charge < -0.3 is 4.74 Å². The van der Waals surface area contributed by atoms with Crippen LogP contribution in [-0.4, -0.2) is 24.0 Å². The van der Waals surface area contributed by atoms with Crippen molar-refractivity contribution in [1.29, 1.82) is 0 Å². The number of aromatic nitrogens is 1. The highest BCUT2D eigenvalue weighted by Crippen LogP contribution is 2.37. The second-order valence-electron chi connectivity index (χ2n) is 6.64. The first-order valence-corrected chi connectivity index (χ1v) is 9.87. The number of ether oxygens (including phenoxy) is 1. The zero-order chi connectivity index (χ0) is 25.2. The maximum Gasteiger partial charge on any atom is 0.417 e. The fourth-order valence-electron chi connectivity index (χ4n) is 2.62. The Labute approximate surface area is 198 Å². The second-order valence-corrected chi connectivity index (χ2v) is 7.45. The van der Waals surface area contributed by atoms with Crippen LogP contribution in [0.4, 0.5) is 32.4 Å². The second kappa shape index (κ2) is 9.82. The van der Waals surface area contributed by atoms with Crippen molar-refractivity contribution in [3.63, 3.8) is 0 Å². The minimum absolute atomic E-state index is 0.0436. The smallest absolute Gasteiger partial charge is 0.417 e. The molecule has 3 rings (SSSR count). The number of halogens is 7. The number of rotatable bonds is 4. The molecule has 0 spiro atoms. The molecule has 6 nitrogen and oxygen atoms in total. The number of pyridine rings is 1. The van der Waals surface area contributed by atoms with Gasteiger partial charge in [0.25, 0.3) is 5.91 Å². The molecule has 13 heteroatoms. The van der Waals surface area contributed by atoms with E-state index in [0.29, 0.717) is 12.3 Å². The van der Waals surface area contributed by atoms with Crippen molar-refractivity contribution in [3.05, 3.63) is 81.5 Å². The molecule has 34 heavy (non-hydrogen) atoms. The molecular weight excluding hydrogens is 508 g/mol. The molecule has 0 aliphatic heterocycles. The van der Waals surface area contributed by atoms with Crippen molar-refractivity contribution in [2.75, 3.05) is 11.9 Å². The van der Waals surface area contributed by atoms with Gasteiger partial charge in [-0.1, -0.05) is 29.3 Å². The van der Waals surface area contributed by atoms with Crippen LogP contribution in [0.25, 0.3) is 0 Å². The molecule has 1 aromatic heterocycles. The van der Waals surface area contributed by atoms with Gasteiger partial charge in [-0.2, -0.15) is 13.2 Å². The van der Waals surface area contributed by atoms with Crippen LogP contribution in [0, 0.1) is 11.6 Å². The fourth-order valence-corrected chi connectivity index (χ4v) is 3.03. The van der Waals surface area contributed by atoms with Gasteiger partial charge >= 0.3 is 12.2 Å². The summed E-state index contributed by atoms with van der Waals surface area (Å²) >= 11 is 11.9. The molecule has 0 saturated carbocycles. The lowest BCUT2D eigenvalue weighted by molar-refractivity contribution is -0.137. The van der Waals surface area contributed by atoms with Crippen molar-refractivity contribution in [2.45, 2.75) is 6.18 Å². The van der Waals surface area contributed by atoms with Crippen LogP contribution in [0.1, 0.15) is 15.9 Å². The largest absolute Gasteiger partial charge is 0.436 e.